The van der Waals surface area contributed by atoms with Crippen LogP contribution in [-0.4, -0.2) is 13.3 Å². The molecule has 0 fully saturated rings. The molecule has 0 aromatic rings. The van der Waals surface area contributed by atoms with Gasteiger partial charge in [0, 0.05) is 7.05 Å². The Hall–Kier alpha value is -1.05. The minimum atomic E-state index is 0.574. The molecule has 0 unspecified atom stereocenters. The van der Waals surface area contributed by atoms with Crippen molar-refractivity contribution in [3.8, 4) is 0 Å². The van der Waals surface area contributed by atoms with Gasteiger partial charge in [0.2, 0.25) is 0 Å². The topological polar surface area (TPSA) is 29.1 Å². The molecule has 2 heteroatoms. The second-order valence-electron chi connectivity index (χ2n) is 1.46. The maximum absolute atomic E-state index is 9.41. The molecule has 0 radical (unpaired) electrons. The molecule has 0 aromatic carbocycles. The summed E-state index contributed by atoms with van der Waals surface area (Å²) in [7, 11) is 1.81. The van der Waals surface area contributed by atoms with E-state index in [2.05, 4.69) is 18.5 Å². The molecule has 0 aliphatic carbocycles. The van der Waals surface area contributed by atoms with Crippen molar-refractivity contribution in [2.24, 2.45) is 0 Å². The van der Waals surface area contributed by atoms with Crippen molar-refractivity contribution >= 4 is 6.29 Å². The zero-order chi connectivity index (χ0) is 7.70. The van der Waals surface area contributed by atoms with Crippen molar-refractivity contribution in [3.63, 3.8) is 0 Å². The Labute approximate surface area is 56.3 Å². The van der Waals surface area contributed by atoms with Gasteiger partial charge in [-0.15, -0.1) is 0 Å². The molecule has 0 heterocycles. The molecule has 52 valence electrons. The summed E-state index contributed by atoms with van der Waals surface area (Å²) in [5.41, 5.74) is 0.574. The van der Waals surface area contributed by atoms with Crippen LogP contribution in [0.4, 0.5) is 0 Å². The van der Waals surface area contributed by atoms with Gasteiger partial charge < -0.3 is 5.32 Å². The summed E-state index contributed by atoms with van der Waals surface area (Å²) < 4.78 is 0. The van der Waals surface area contributed by atoms with E-state index in [1.54, 1.807) is 13.1 Å². The van der Waals surface area contributed by atoms with Crippen molar-refractivity contribution in [1.82, 2.24) is 5.32 Å². The normalized spacial score (nSPS) is 6.00. The Balaban J connectivity index is 0. The Bertz CT molecular complexity index is 97.1. The second-order valence-corrected chi connectivity index (χ2v) is 1.46. The smallest absolute Gasteiger partial charge is 0.145 e. The Morgan fingerprint density at radius 1 is 1.67 bits per heavy atom. The van der Waals surface area contributed by atoms with Gasteiger partial charge in [-0.1, -0.05) is 13.2 Å². The van der Waals surface area contributed by atoms with E-state index in [-0.39, 0.29) is 0 Å². The molecule has 0 rings (SSSR count). The predicted octanol–water partition coefficient (Wildman–Crippen LogP) is 1.11. The van der Waals surface area contributed by atoms with Crippen LogP contribution in [0.2, 0.25) is 0 Å². The maximum atomic E-state index is 9.41. The minimum absolute atomic E-state index is 0.574. The minimum Gasteiger partial charge on any atom is -0.394 e. The van der Waals surface area contributed by atoms with Crippen LogP contribution in [-0.2, 0) is 4.79 Å². The summed E-state index contributed by atoms with van der Waals surface area (Å²) in [4.78, 5) is 9.41. The van der Waals surface area contributed by atoms with Gasteiger partial charge in [0.05, 0.1) is 0 Å². The van der Waals surface area contributed by atoms with E-state index in [1.807, 2.05) is 7.05 Å². The highest BCUT2D eigenvalue weighted by molar-refractivity contribution is 5.70. The van der Waals surface area contributed by atoms with Gasteiger partial charge in [0.15, 0.2) is 0 Å². The summed E-state index contributed by atoms with van der Waals surface area (Å²) >= 11 is 0. The predicted molar refractivity (Wildman–Crippen MR) is 40.1 cm³/mol. The van der Waals surface area contributed by atoms with Crippen molar-refractivity contribution in [2.45, 2.75) is 6.92 Å². The highest BCUT2D eigenvalue weighted by Gasteiger charge is 1.66. The number of carbonyl (C=O) groups excluding carboxylic acids is 1. The zero-order valence-electron chi connectivity index (χ0n) is 5.98. The van der Waals surface area contributed by atoms with E-state index >= 15 is 0 Å². The van der Waals surface area contributed by atoms with Crippen LogP contribution in [0, 0.1) is 0 Å². The summed E-state index contributed by atoms with van der Waals surface area (Å²) in [6.07, 6.45) is 2.35. The van der Waals surface area contributed by atoms with Gasteiger partial charge in [0.25, 0.3) is 0 Å². The van der Waals surface area contributed by atoms with E-state index in [0.29, 0.717) is 5.57 Å². The number of nitrogens with one attached hydrogen (secondary N) is 1. The molecule has 0 saturated carbocycles. The van der Waals surface area contributed by atoms with Crippen LogP contribution in [0.1, 0.15) is 6.92 Å². The van der Waals surface area contributed by atoms with Gasteiger partial charge in [-0.2, -0.15) is 0 Å². The highest BCUT2D eigenvalue weighted by Crippen LogP contribution is 1.70. The molecule has 0 bridgehead atoms. The van der Waals surface area contributed by atoms with Gasteiger partial charge in [-0.3, -0.25) is 4.79 Å². The van der Waals surface area contributed by atoms with Gasteiger partial charge >= 0.3 is 0 Å². The molecule has 2 nitrogen and oxygen atoms in total. The molecule has 0 spiro atoms. The third-order valence-corrected chi connectivity index (χ3v) is 0.405. The van der Waals surface area contributed by atoms with E-state index in [1.165, 1.54) is 0 Å². The summed E-state index contributed by atoms with van der Waals surface area (Å²) in [6, 6.07) is 0. The zero-order valence-corrected chi connectivity index (χ0v) is 5.98. The quantitative estimate of drug-likeness (QED) is 0.444. The Morgan fingerprint density at radius 3 is 1.89 bits per heavy atom. The van der Waals surface area contributed by atoms with Crippen molar-refractivity contribution < 1.29 is 4.79 Å². The number of aldehydes is 1. The SMILES string of the molecule is C=C(C)C=O.C=CNC. The molecule has 0 aromatic heterocycles. The fourth-order valence-corrected chi connectivity index (χ4v) is 0. The summed E-state index contributed by atoms with van der Waals surface area (Å²) in [6.45, 7) is 8.33. The fourth-order valence-electron chi connectivity index (χ4n) is 0. The molecular formula is C7H13NO. The number of rotatable bonds is 2. The van der Waals surface area contributed by atoms with Gasteiger partial charge in [-0.25, -0.2) is 0 Å². The number of hydrogen-bond acceptors (Lipinski definition) is 2. The third kappa shape index (κ3) is 44.8. The van der Waals surface area contributed by atoms with Gasteiger partial charge in [0.1, 0.15) is 6.29 Å². The molecule has 0 aliphatic heterocycles. The number of hydrogen-bond donors (Lipinski definition) is 1. The molecule has 0 amide bonds. The maximum Gasteiger partial charge on any atom is 0.145 e. The highest BCUT2D eigenvalue weighted by atomic mass is 16.1. The largest absolute Gasteiger partial charge is 0.394 e. The van der Waals surface area contributed by atoms with Crippen molar-refractivity contribution in [2.75, 3.05) is 7.05 Å². The summed E-state index contributed by atoms with van der Waals surface area (Å²) in [5.74, 6) is 0. The molecule has 0 atom stereocenters. The van der Waals surface area contributed by atoms with Crippen LogP contribution in [0.25, 0.3) is 0 Å². The molecule has 9 heavy (non-hydrogen) atoms. The van der Waals surface area contributed by atoms with Crippen molar-refractivity contribution in [3.05, 3.63) is 24.9 Å². The molecule has 0 saturated heterocycles. The first kappa shape index (κ1) is 10.8. The lowest BCUT2D eigenvalue weighted by atomic mass is 10.4. The lowest BCUT2D eigenvalue weighted by Gasteiger charge is -1.70. The van der Waals surface area contributed by atoms with Gasteiger partial charge in [-0.05, 0) is 18.7 Å². The van der Waals surface area contributed by atoms with E-state index in [9.17, 15) is 4.79 Å². The lowest BCUT2D eigenvalue weighted by Crippen LogP contribution is -1.87. The van der Waals surface area contributed by atoms with Crippen LogP contribution in [0.5, 0.6) is 0 Å². The van der Waals surface area contributed by atoms with E-state index in [4.69, 9.17) is 0 Å². The number of carbonyl (C=O) groups is 1. The Morgan fingerprint density at radius 2 is 1.89 bits per heavy atom. The molecule has 1 N–H and O–H groups in total. The first-order valence-electron chi connectivity index (χ1n) is 2.57. The van der Waals surface area contributed by atoms with Crippen LogP contribution >= 0.6 is 0 Å². The van der Waals surface area contributed by atoms with Crippen LogP contribution in [0.15, 0.2) is 24.9 Å². The Kier molecular flexibility index (Phi) is 12.1. The van der Waals surface area contributed by atoms with E-state index in [0.717, 1.165) is 6.29 Å². The molecule has 0 aliphatic rings. The lowest BCUT2D eigenvalue weighted by molar-refractivity contribution is -0.104. The number of allylic oxidation sites excluding steroid dienone is 1. The first-order chi connectivity index (χ1) is 4.18. The van der Waals surface area contributed by atoms with Crippen LogP contribution < -0.4 is 5.32 Å². The molecular weight excluding hydrogens is 114 g/mol. The monoisotopic (exact) mass is 127 g/mol. The fraction of sp³-hybridized carbons (Fsp3) is 0.286. The third-order valence-electron chi connectivity index (χ3n) is 0.405. The second kappa shape index (κ2) is 10.0. The first-order valence-corrected chi connectivity index (χ1v) is 2.57. The average Bonchev–Trinajstić information content (AvgIpc) is 1.89. The standard InChI is InChI=1S/C4H6O.C3H7N/c1-4(2)3-5;1-3-4-2/h3H,1H2,2H3;3-4H,1H2,2H3. The van der Waals surface area contributed by atoms with Crippen LogP contribution in [0.3, 0.4) is 0 Å². The summed E-state index contributed by atoms with van der Waals surface area (Å²) in [5, 5.41) is 2.69. The van der Waals surface area contributed by atoms with Crippen molar-refractivity contribution in [1.29, 1.82) is 0 Å². The van der Waals surface area contributed by atoms with E-state index < -0.39 is 0 Å². The average molecular weight is 127 g/mol.